The summed E-state index contributed by atoms with van der Waals surface area (Å²) in [6.07, 6.45) is 5.35. The standard InChI is InChI=1S/C14H21N3O3/c1-9-7-8-11(20-9)14(18)16-12(13(15)17-19)10-5-3-2-4-6-10/h7-8,10,12,19H,2-6H2,1H3,(H2,15,17)(H,16,18). The fourth-order valence-corrected chi connectivity index (χ4v) is 2.73. The molecule has 2 rings (SSSR count). The number of amidine groups is 1. The molecule has 1 unspecified atom stereocenters. The second-order valence-corrected chi connectivity index (χ2v) is 5.28. The number of furan rings is 1. The highest BCUT2D eigenvalue weighted by Crippen LogP contribution is 2.27. The topological polar surface area (TPSA) is 101 Å². The molecule has 1 saturated carbocycles. The number of carbonyl (C=O) groups is 1. The molecule has 1 aromatic rings. The Hall–Kier alpha value is -1.98. The Kier molecular flexibility index (Phi) is 4.65. The van der Waals surface area contributed by atoms with Crippen molar-refractivity contribution in [3.63, 3.8) is 0 Å². The van der Waals surface area contributed by atoms with E-state index >= 15 is 0 Å². The van der Waals surface area contributed by atoms with Crippen LogP contribution in [-0.2, 0) is 0 Å². The minimum Gasteiger partial charge on any atom is -0.456 e. The van der Waals surface area contributed by atoms with Gasteiger partial charge in [-0.1, -0.05) is 24.4 Å². The van der Waals surface area contributed by atoms with Crippen molar-refractivity contribution in [3.8, 4) is 0 Å². The first-order chi connectivity index (χ1) is 9.61. The molecule has 0 aromatic carbocycles. The Balaban J connectivity index is 2.09. The van der Waals surface area contributed by atoms with E-state index in [4.69, 9.17) is 15.4 Å². The average Bonchev–Trinajstić information content (AvgIpc) is 2.91. The molecule has 0 spiro atoms. The maximum atomic E-state index is 12.1. The zero-order valence-corrected chi connectivity index (χ0v) is 11.6. The van der Waals surface area contributed by atoms with E-state index < -0.39 is 6.04 Å². The van der Waals surface area contributed by atoms with Crippen LogP contribution in [0.1, 0.15) is 48.4 Å². The number of nitrogens with one attached hydrogen (secondary N) is 1. The third kappa shape index (κ3) is 3.31. The summed E-state index contributed by atoms with van der Waals surface area (Å²) in [5.74, 6) is 0.843. The first-order valence-electron chi connectivity index (χ1n) is 6.96. The summed E-state index contributed by atoms with van der Waals surface area (Å²) < 4.78 is 5.29. The SMILES string of the molecule is Cc1ccc(C(=O)NC(/C(N)=N/O)C2CCCCC2)o1. The number of nitrogens with two attached hydrogens (primary N) is 1. The molecule has 110 valence electrons. The van der Waals surface area contributed by atoms with E-state index in [1.54, 1.807) is 19.1 Å². The fourth-order valence-electron chi connectivity index (χ4n) is 2.73. The van der Waals surface area contributed by atoms with Crippen LogP contribution in [-0.4, -0.2) is 23.0 Å². The lowest BCUT2D eigenvalue weighted by atomic mass is 9.83. The van der Waals surface area contributed by atoms with Crippen LogP contribution < -0.4 is 11.1 Å². The number of hydrogen-bond acceptors (Lipinski definition) is 4. The van der Waals surface area contributed by atoms with E-state index in [1.165, 1.54) is 6.42 Å². The van der Waals surface area contributed by atoms with Gasteiger partial charge in [-0.2, -0.15) is 0 Å². The van der Waals surface area contributed by atoms with E-state index in [9.17, 15) is 4.79 Å². The van der Waals surface area contributed by atoms with Crippen LogP contribution in [0.4, 0.5) is 0 Å². The van der Waals surface area contributed by atoms with Gasteiger partial charge in [0, 0.05) is 0 Å². The number of hydrogen-bond donors (Lipinski definition) is 3. The van der Waals surface area contributed by atoms with E-state index in [1.807, 2.05) is 0 Å². The van der Waals surface area contributed by atoms with E-state index in [2.05, 4.69) is 10.5 Å². The summed E-state index contributed by atoms with van der Waals surface area (Å²) >= 11 is 0. The van der Waals surface area contributed by atoms with Crippen molar-refractivity contribution >= 4 is 11.7 Å². The molecule has 1 aromatic heterocycles. The lowest BCUT2D eigenvalue weighted by Gasteiger charge is -2.29. The van der Waals surface area contributed by atoms with Gasteiger partial charge in [-0.05, 0) is 37.8 Å². The van der Waals surface area contributed by atoms with Crippen molar-refractivity contribution in [2.75, 3.05) is 0 Å². The van der Waals surface area contributed by atoms with Gasteiger partial charge in [-0.15, -0.1) is 0 Å². The van der Waals surface area contributed by atoms with Crippen molar-refractivity contribution < 1.29 is 14.4 Å². The van der Waals surface area contributed by atoms with Gasteiger partial charge in [0.2, 0.25) is 0 Å². The molecular formula is C14H21N3O3. The summed E-state index contributed by atoms with van der Waals surface area (Å²) in [5, 5.41) is 14.8. The Morgan fingerprint density at radius 1 is 1.45 bits per heavy atom. The molecule has 0 aliphatic heterocycles. The van der Waals surface area contributed by atoms with Gasteiger partial charge in [0.05, 0.1) is 6.04 Å². The Labute approximate surface area is 118 Å². The second kappa shape index (κ2) is 6.45. The zero-order valence-electron chi connectivity index (χ0n) is 11.6. The van der Waals surface area contributed by atoms with Crippen LogP contribution in [0.3, 0.4) is 0 Å². The predicted molar refractivity (Wildman–Crippen MR) is 74.7 cm³/mol. The van der Waals surface area contributed by atoms with Crippen molar-refractivity contribution in [1.82, 2.24) is 5.32 Å². The van der Waals surface area contributed by atoms with Gasteiger partial charge in [-0.25, -0.2) is 0 Å². The third-order valence-electron chi connectivity index (χ3n) is 3.81. The largest absolute Gasteiger partial charge is 0.456 e. The maximum absolute atomic E-state index is 12.1. The summed E-state index contributed by atoms with van der Waals surface area (Å²) in [6, 6.07) is 2.90. The number of aryl methyl sites for hydroxylation is 1. The molecule has 1 aliphatic rings. The van der Waals surface area contributed by atoms with Crippen LogP contribution in [0.15, 0.2) is 21.7 Å². The Bertz CT molecular complexity index is 490. The van der Waals surface area contributed by atoms with Gasteiger partial charge >= 0.3 is 0 Å². The van der Waals surface area contributed by atoms with Crippen LogP contribution in [0, 0.1) is 12.8 Å². The molecule has 1 fully saturated rings. The molecule has 6 nitrogen and oxygen atoms in total. The normalized spacial score (nSPS) is 18.8. The van der Waals surface area contributed by atoms with Gasteiger partial charge in [0.15, 0.2) is 11.6 Å². The molecule has 6 heteroatoms. The molecule has 1 aliphatic carbocycles. The maximum Gasteiger partial charge on any atom is 0.287 e. The van der Waals surface area contributed by atoms with E-state index in [0.29, 0.717) is 5.76 Å². The van der Waals surface area contributed by atoms with Gasteiger partial charge < -0.3 is 20.7 Å². The first kappa shape index (κ1) is 14.4. The first-order valence-corrected chi connectivity index (χ1v) is 6.96. The minimum absolute atomic E-state index is 0.0496. The lowest BCUT2D eigenvalue weighted by molar-refractivity contribution is 0.0901. The van der Waals surface area contributed by atoms with Gasteiger partial charge in [-0.3, -0.25) is 4.79 Å². The van der Waals surface area contributed by atoms with Crippen LogP contribution >= 0.6 is 0 Å². The van der Waals surface area contributed by atoms with Crippen molar-refractivity contribution in [2.45, 2.75) is 45.1 Å². The second-order valence-electron chi connectivity index (χ2n) is 5.28. The predicted octanol–water partition coefficient (Wildman–Crippen LogP) is 2.01. The number of carbonyl (C=O) groups excluding carboxylic acids is 1. The molecule has 20 heavy (non-hydrogen) atoms. The number of nitrogens with zero attached hydrogens (tertiary/aromatic N) is 1. The van der Waals surface area contributed by atoms with Crippen LogP contribution in [0.25, 0.3) is 0 Å². The number of oxime groups is 1. The molecule has 1 atom stereocenters. The molecule has 0 radical (unpaired) electrons. The number of amides is 1. The highest BCUT2D eigenvalue weighted by molar-refractivity contribution is 5.96. The van der Waals surface area contributed by atoms with Crippen LogP contribution in [0.5, 0.6) is 0 Å². The van der Waals surface area contributed by atoms with Crippen molar-refractivity contribution in [3.05, 3.63) is 23.7 Å². The highest BCUT2D eigenvalue weighted by Gasteiger charge is 2.29. The van der Waals surface area contributed by atoms with Gasteiger partial charge in [0.25, 0.3) is 5.91 Å². The van der Waals surface area contributed by atoms with Crippen molar-refractivity contribution in [1.29, 1.82) is 0 Å². The van der Waals surface area contributed by atoms with E-state index in [0.717, 1.165) is 25.7 Å². The lowest BCUT2D eigenvalue weighted by Crippen LogP contribution is -2.49. The monoisotopic (exact) mass is 279 g/mol. The fraction of sp³-hybridized carbons (Fsp3) is 0.571. The molecule has 1 heterocycles. The summed E-state index contributed by atoms with van der Waals surface area (Å²) in [6.45, 7) is 1.78. The molecule has 1 amide bonds. The Morgan fingerprint density at radius 2 is 2.15 bits per heavy atom. The molecule has 0 saturated heterocycles. The average molecular weight is 279 g/mol. The van der Waals surface area contributed by atoms with E-state index in [-0.39, 0.29) is 23.4 Å². The zero-order chi connectivity index (χ0) is 14.5. The molecule has 0 bridgehead atoms. The summed E-state index contributed by atoms with van der Waals surface area (Å²) in [5.41, 5.74) is 5.73. The quantitative estimate of drug-likeness (QED) is 0.339. The highest BCUT2D eigenvalue weighted by atomic mass is 16.4. The van der Waals surface area contributed by atoms with Crippen molar-refractivity contribution in [2.24, 2.45) is 16.8 Å². The summed E-state index contributed by atoms with van der Waals surface area (Å²) in [7, 11) is 0. The Morgan fingerprint density at radius 3 is 2.70 bits per heavy atom. The molecular weight excluding hydrogens is 258 g/mol. The minimum atomic E-state index is -0.446. The van der Waals surface area contributed by atoms with Gasteiger partial charge in [0.1, 0.15) is 5.76 Å². The summed E-state index contributed by atoms with van der Waals surface area (Å²) in [4.78, 5) is 12.1. The third-order valence-corrected chi connectivity index (χ3v) is 3.81. The molecule has 4 N–H and O–H groups in total. The van der Waals surface area contributed by atoms with Crippen LogP contribution in [0.2, 0.25) is 0 Å². The smallest absolute Gasteiger partial charge is 0.287 e. The number of rotatable bonds is 4.